The summed E-state index contributed by atoms with van der Waals surface area (Å²) in [6.07, 6.45) is 1.37. The summed E-state index contributed by atoms with van der Waals surface area (Å²) in [5, 5.41) is 8.70. The van der Waals surface area contributed by atoms with Gasteiger partial charge in [0.05, 0.1) is 12.8 Å². The van der Waals surface area contributed by atoms with Gasteiger partial charge in [-0.2, -0.15) is 5.26 Å². The van der Waals surface area contributed by atoms with Crippen molar-refractivity contribution >= 4 is 28.0 Å². The zero-order chi connectivity index (χ0) is 11.3. The molecule has 0 amide bonds. The van der Waals surface area contributed by atoms with Gasteiger partial charge in [-0.25, -0.2) is 9.78 Å². The second kappa shape index (κ2) is 5.27. The molecule has 1 aromatic rings. The van der Waals surface area contributed by atoms with Gasteiger partial charge < -0.3 is 4.74 Å². The Hall–Kier alpha value is -1.67. The van der Waals surface area contributed by atoms with Crippen LogP contribution in [0.4, 0.5) is 0 Å². The first-order chi connectivity index (χ1) is 7.17. The maximum atomic E-state index is 11.1. The number of hydrogen-bond donors (Lipinski definition) is 0. The molecule has 4 nitrogen and oxygen atoms in total. The van der Waals surface area contributed by atoms with Crippen LogP contribution in [-0.2, 0) is 9.53 Å². The molecule has 76 valence electrons. The smallest absolute Gasteiger partial charge is 0.348 e. The van der Waals surface area contributed by atoms with Crippen molar-refractivity contribution in [1.82, 2.24) is 4.98 Å². The fourth-order valence-corrected chi connectivity index (χ4v) is 1.26. The Morgan fingerprint density at radius 3 is 2.93 bits per heavy atom. The zero-order valence-electron chi connectivity index (χ0n) is 7.90. The van der Waals surface area contributed by atoms with Crippen LogP contribution in [0.15, 0.2) is 28.4 Å². The highest BCUT2D eigenvalue weighted by atomic mass is 79.9. The van der Waals surface area contributed by atoms with Crippen molar-refractivity contribution in [2.24, 2.45) is 0 Å². The fourth-order valence-electron chi connectivity index (χ4n) is 0.899. The lowest BCUT2D eigenvalue weighted by Crippen LogP contribution is -2.02. The van der Waals surface area contributed by atoms with E-state index >= 15 is 0 Å². The van der Waals surface area contributed by atoms with Gasteiger partial charge in [-0.05, 0) is 34.1 Å². The Morgan fingerprint density at radius 2 is 2.40 bits per heavy atom. The number of pyridine rings is 1. The predicted octanol–water partition coefficient (Wildman–Crippen LogP) is 1.92. The van der Waals surface area contributed by atoms with Gasteiger partial charge in [0.2, 0.25) is 0 Å². The van der Waals surface area contributed by atoms with Crippen LogP contribution >= 0.6 is 15.9 Å². The molecule has 1 rings (SSSR count). The normalized spacial score (nSPS) is 10.6. The Labute approximate surface area is 95.3 Å². The first-order valence-electron chi connectivity index (χ1n) is 4.00. The fraction of sp³-hybridized carbons (Fsp3) is 0.100. The number of nitrogens with zero attached hydrogens (tertiary/aromatic N) is 2. The third-order valence-electron chi connectivity index (χ3n) is 1.55. The summed E-state index contributed by atoms with van der Waals surface area (Å²) in [6.45, 7) is 0. The highest BCUT2D eigenvalue weighted by molar-refractivity contribution is 9.10. The monoisotopic (exact) mass is 266 g/mol. The van der Waals surface area contributed by atoms with Crippen molar-refractivity contribution in [3.8, 4) is 6.07 Å². The van der Waals surface area contributed by atoms with Crippen LogP contribution in [0.3, 0.4) is 0 Å². The summed E-state index contributed by atoms with van der Waals surface area (Å²) in [7, 11) is 1.22. The van der Waals surface area contributed by atoms with Gasteiger partial charge in [0.15, 0.2) is 0 Å². The molecule has 0 fully saturated rings. The lowest BCUT2D eigenvalue weighted by molar-refractivity contribution is -0.135. The molecular weight excluding hydrogens is 260 g/mol. The van der Waals surface area contributed by atoms with Crippen molar-refractivity contribution in [2.75, 3.05) is 7.11 Å². The molecule has 0 saturated heterocycles. The largest absolute Gasteiger partial charge is 0.465 e. The van der Waals surface area contributed by atoms with Crippen molar-refractivity contribution in [2.45, 2.75) is 0 Å². The minimum atomic E-state index is -0.667. The molecular formula is C10H7BrN2O2. The van der Waals surface area contributed by atoms with Crippen LogP contribution in [0.1, 0.15) is 5.69 Å². The SMILES string of the molecule is COC(=O)/C(C#N)=C/c1cccc(Br)n1. The van der Waals surface area contributed by atoms with Gasteiger partial charge in [-0.1, -0.05) is 6.07 Å². The predicted molar refractivity (Wildman–Crippen MR) is 57.5 cm³/mol. The van der Waals surface area contributed by atoms with Gasteiger partial charge in [0.25, 0.3) is 0 Å². The Balaban J connectivity index is 3.05. The minimum absolute atomic E-state index is 0.0805. The summed E-state index contributed by atoms with van der Waals surface area (Å²) in [5.74, 6) is -0.667. The second-order valence-corrected chi connectivity index (χ2v) is 3.36. The summed E-state index contributed by atoms with van der Waals surface area (Å²) < 4.78 is 5.07. The molecule has 5 heteroatoms. The number of ether oxygens (including phenoxy) is 1. The van der Waals surface area contributed by atoms with Gasteiger partial charge >= 0.3 is 5.97 Å². The second-order valence-electron chi connectivity index (χ2n) is 2.55. The average molecular weight is 267 g/mol. The van der Waals surface area contributed by atoms with E-state index in [1.807, 2.05) is 0 Å². The molecule has 0 unspecified atom stereocenters. The molecule has 0 atom stereocenters. The van der Waals surface area contributed by atoms with E-state index in [4.69, 9.17) is 5.26 Å². The molecule has 0 N–H and O–H groups in total. The van der Waals surface area contributed by atoms with Crippen molar-refractivity contribution in [1.29, 1.82) is 5.26 Å². The number of hydrogen-bond acceptors (Lipinski definition) is 4. The van der Waals surface area contributed by atoms with Crippen LogP contribution in [0, 0.1) is 11.3 Å². The molecule has 0 aliphatic heterocycles. The molecule has 1 aromatic heterocycles. The Kier molecular flexibility index (Phi) is 4.01. The van der Waals surface area contributed by atoms with Crippen LogP contribution in [0.25, 0.3) is 6.08 Å². The maximum Gasteiger partial charge on any atom is 0.348 e. The van der Waals surface area contributed by atoms with E-state index in [0.29, 0.717) is 10.3 Å². The Bertz CT molecular complexity index is 449. The molecule has 0 saturated carbocycles. The van der Waals surface area contributed by atoms with Crippen LogP contribution in [0.2, 0.25) is 0 Å². The Morgan fingerprint density at radius 1 is 1.67 bits per heavy atom. The average Bonchev–Trinajstić information content (AvgIpc) is 2.25. The third kappa shape index (κ3) is 3.18. The quantitative estimate of drug-likeness (QED) is 0.355. The molecule has 0 aliphatic carbocycles. The van der Waals surface area contributed by atoms with Crippen LogP contribution < -0.4 is 0 Å². The van der Waals surface area contributed by atoms with E-state index in [2.05, 4.69) is 25.7 Å². The number of rotatable bonds is 2. The third-order valence-corrected chi connectivity index (χ3v) is 2.00. The number of esters is 1. The maximum absolute atomic E-state index is 11.1. The van der Waals surface area contributed by atoms with E-state index in [0.717, 1.165) is 0 Å². The molecule has 15 heavy (non-hydrogen) atoms. The number of nitriles is 1. The summed E-state index contributed by atoms with van der Waals surface area (Å²) in [5.41, 5.74) is 0.439. The van der Waals surface area contributed by atoms with Crippen LogP contribution in [-0.4, -0.2) is 18.1 Å². The highest BCUT2D eigenvalue weighted by Crippen LogP contribution is 2.10. The van der Waals surface area contributed by atoms with Crippen molar-refractivity contribution in [3.63, 3.8) is 0 Å². The van der Waals surface area contributed by atoms with E-state index in [1.165, 1.54) is 13.2 Å². The first-order valence-corrected chi connectivity index (χ1v) is 4.79. The number of methoxy groups -OCH3 is 1. The van der Waals surface area contributed by atoms with E-state index < -0.39 is 5.97 Å². The highest BCUT2D eigenvalue weighted by Gasteiger charge is 2.08. The van der Waals surface area contributed by atoms with E-state index in [1.54, 1.807) is 24.3 Å². The zero-order valence-corrected chi connectivity index (χ0v) is 9.48. The number of carbonyl (C=O) groups excluding carboxylic acids is 1. The standard InChI is InChI=1S/C10H7BrN2O2/c1-15-10(14)7(6-12)5-8-3-2-4-9(11)13-8/h2-5H,1H3/b7-5+. The summed E-state index contributed by atoms with van der Waals surface area (Å²) in [4.78, 5) is 15.1. The molecule has 0 aliphatic rings. The number of carbonyl (C=O) groups is 1. The minimum Gasteiger partial charge on any atom is -0.465 e. The molecule has 0 radical (unpaired) electrons. The topological polar surface area (TPSA) is 63.0 Å². The van der Waals surface area contributed by atoms with Crippen molar-refractivity contribution in [3.05, 3.63) is 34.1 Å². The molecule has 0 bridgehead atoms. The van der Waals surface area contributed by atoms with Gasteiger partial charge in [-0.3, -0.25) is 0 Å². The molecule has 0 aromatic carbocycles. The van der Waals surface area contributed by atoms with E-state index in [9.17, 15) is 4.79 Å². The number of aromatic nitrogens is 1. The van der Waals surface area contributed by atoms with Crippen LogP contribution in [0.5, 0.6) is 0 Å². The van der Waals surface area contributed by atoms with Gasteiger partial charge in [-0.15, -0.1) is 0 Å². The lowest BCUT2D eigenvalue weighted by Gasteiger charge is -1.96. The van der Waals surface area contributed by atoms with Crippen molar-refractivity contribution < 1.29 is 9.53 Å². The van der Waals surface area contributed by atoms with E-state index in [-0.39, 0.29) is 5.57 Å². The summed E-state index contributed by atoms with van der Waals surface area (Å²) in [6, 6.07) is 6.95. The lowest BCUT2D eigenvalue weighted by atomic mass is 10.2. The first kappa shape index (κ1) is 11.4. The number of halogens is 1. The van der Waals surface area contributed by atoms with Gasteiger partial charge in [0, 0.05) is 0 Å². The molecule has 1 heterocycles. The summed E-state index contributed by atoms with van der Waals surface area (Å²) >= 11 is 3.19. The van der Waals surface area contributed by atoms with Gasteiger partial charge in [0.1, 0.15) is 16.2 Å². The molecule has 0 spiro atoms.